The predicted octanol–water partition coefficient (Wildman–Crippen LogP) is 3.92. The number of hydrogen-bond acceptors (Lipinski definition) is 2. The van der Waals surface area contributed by atoms with Crippen LogP contribution in [0, 0.1) is 28.6 Å². The molecule has 0 spiro atoms. The van der Waals surface area contributed by atoms with E-state index in [9.17, 15) is 10.5 Å². The van der Waals surface area contributed by atoms with Gasteiger partial charge in [0.2, 0.25) is 0 Å². The number of fused-ring (bicyclic) bond motifs is 1. The SMILES string of the molecule is N#CC1C2c3ccccc3C(c3ccccc32)C1(Cl)C#N. The van der Waals surface area contributed by atoms with Crippen molar-refractivity contribution in [2.24, 2.45) is 5.92 Å². The Balaban J connectivity index is 2.13. The molecule has 0 saturated carbocycles. The van der Waals surface area contributed by atoms with E-state index in [-0.39, 0.29) is 11.8 Å². The molecule has 5 rings (SSSR count). The maximum absolute atomic E-state index is 9.69. The average molecular weight is 291 g/mol. The molecule has 2 unspecified atom stereocenters. The van der Waals surface area contributed by atoms with Crippen LogP contribution in [0.3, 0.4) is 0 Å². The first-order valence-corrected chi connectivity index (χ1v) is 7.27. The Kier molecular flexibility index (Phi) is 2.43. The second kappa shape index (κ2) is 4.10. The van der Waals surface area contributed by atoms with E-state index in [0.29, 0.717) is 0 Å². The molecule has 0 amide bonds. The molecule has 2 bridgehead atoms. The summed E-state index contributed by atoms with van der Waals surface area (Å²) in [6.07, 6.45) is 0. The predicted molar refractivity (Wildman–Crippen MR) is 79.9 cm³/mol. The Morgan fingerprint density at radius 1 is 0.857 bits per heavy atom. The van der Waals surface area contributed by atoms with E-state index >= 15 is 0 Å². The van der Waals surface area contributed by atoms with Gasteiger partial charge in [-0.1, -0.05) is 48.5 Å². The topological polar surface area (TPSA) is 47.6 Å². The van der Waals surface area contributed by atoms with Crippen molar-refractivity contribution in [1.29, 1.82) is 10.5 Å². The molecule has 100 valence electrons. The van der Waals surface area contributed by atoms with Gasteiger partial charge in [0.25, 0.3) is 0 Å². The van der Waals surface area contributed by atoms with Gasteiger partial charge in [0, 0.05) is 11.8 Å². The fraction of sp³-hybridized carbons (Fsp3) is 0.222. The minimum absolute atomic E-state index is 0.121. The highest BCUT2D eigenvalue weighted by Crippen LogP contribution is 2.61. The Labute approximate surface area is 128 Å². The molecule has 0 radical (unpaired) electrons. The molecule has 3 aliphatic rings. The summed E-state index contributed by atoms with van der Waals surface area (Å²) in [5, 5.41) is 19.3. The summed E-state index contributed by atoms with van der Waals surface area (Å²) in [5.41, 5.74) is 4.45. The van der Waals surface area contributed by atoms with E-state index < -0.39 is 10.8 Å². The number of nitriles is 2. The zero-order valence-corrected chi connectivity index (χ0v) is 11.9. The Bertz CT molecular complexity index is 782. The standard InChI is InChI=1S/C18H11ClN2/c19-18(10-21)15(9-20)16-11-5-1-3-7-13(11)17(18)14-8-4-2-6-12(14)16/h1-8,15-17H. The largest absolute Gasteiger partial charge is 0.198 e. The third-order valence-electron chi connectivity index (χ3n) is 4.80. The number of alkyl halides is 1. The maximum atomic E-state index is 9.69. The molecule has 2 atom stereocenters. The van der Waals surface area contributed by atoms with Gasteiger partial charge in [0.15, 0.2) is 4.87 Å². The molecular formula is C18H11ClN2. The maximum Gasteiger partial charge on any atom is 0.158 e. The zero-order chi connectivity index (χ0) is 14.6. The Morgan fingerprint density at radius 3 is 1.76 bits per heavy atom. The van der Waals surface area contributed by atoms with Gasteiger partial charge in [0.05, 0.1) is 18.1 Å². The van der Waals surface area contributed by atoms with Crippen LogP contribution in [0.5, 0.6) is 0 Å². The van der Waals surface area contributed by atoms with Crippen molar-refractivity contribution in [3.05, 3.63) is 70.8 Å². The molecule has 2 nitrogen and oxygen atoms in total. The molecule has 0 aliphatic heterocycles. The van der Waals surface area contributed by atoms with Gasteiger partial charge < -0.3 is 0 Å². The van der Waals surface area contributed by atoms with E-state index in [2.05, 4.69) is 24.3 Å². The van der Waals surface area contributed by atoms with E-state index in [4.69, 9.17) is 11.6 Å². The van der Waals surface area contributed by atoms with Crippen LogP contribution >= 0.6 is 11.6 Å². The number of nitrogens with zero attached hydrogens (tertiary/aromatic N) is 2. The van der Waals surface area contributed by atoms with Gasteiger partial charge in [-0.15, -0.1) is 11.6 Å². The van der Waals surface area contributed by atoms with Gasteiger partial charge in [0.1, 0.15) is 0 Å². The summed E-state index contributed by atoms with van der Waals surface area (Å²) in [5.74, 6) is -0.894. The van der Waals surface area contributed by atoms with E-state index in [0.717, 1.165) is 22.3 Å². The number of benzene rings is 2. The van der Waals surface area contributed by atoms with Crippen molar-refractivity contribution < 1.29 is 0 Å². The van der Waals surface area contributed by atoms with E-state index in [1.54, 1.807) is 0 Å². The molecule has 0 heterocycles. The molecule has 3 aliphatic carbocycles. The van der Waals surface area contributed by atoms with Crippen LogP contribution in [0.4, 0.5) is 0 Å². The lowest BCUT2D eigenvalue weighted by Gasteiger charge is -2.49. The molecule has 3 heteroatoms. The summed E-state index contributed by atoms with van der Waals surface area (Å²) in [6, 6.07) is 20.6. The summed E-state index contributed by atoms with van der Waals surface area (Å²) in [6.45, 7) is 0. The smallest absolute Gasteiger partial charge is 0.158 e. The number of hydrogen-bond donors (Lipinski definition) is 0. The lowest BCUT2D eigenvalue weighted by Crippen LogP contribution is -2.49. The first kappa shape index (κ1) is 12.5. The van der Waals surface area contributed by atoms with Crippen molar-refractivity contribution in [3.8, 4) is 12.1 Å². The monoisotopic (exact) mass is 290 g/mol. The van der Waals surface area contributed by atoms with Crippen molar-refractivity contribution >= 4 is 11.6 Å². The first-order chi connectivity index (χ1) is 10.2. The lowest BCUT2D eigenvalue weighted by atomic mass is 9.54. The van der Waals surface area contributed by atoms with Gasteiger partial charge in [-0.05, 0) is 22.3 Å². The van der Waals surface area contributed by atoms with Crippen molar-refractivity contribution in [3.63, 3.8) is 0 Å². The molecule has 0 fully saturated rings. The highest BCUT2D eigenvalue weighted by Gasteiger charge is 2.59. The number of halogens is 1. The molecule has 2 aromatic rings. The van der Waals surface area contributed by atoms with Gasteiger partial charge >= 0.3 is 0 Å². The summed E-state index contributed by atoms with van der Waals surface area (Å²) < 4.78 is 0. The highest BCUT2D eigenvalue weighted by atomic mass is 35.5. The normalized spacial score (nSPS) is 31.7. The highest BCUT2D eigenvalue weighted by molar-refractivity contribution is 6.27. The molecule has 0 saturated heterocycles. The third kappa shape index (κ3) is 1.36. The first-order valence-electron chi connectivity index (χ1n) is 6.89. The van der Waals surface area contributed by atoms with Crippen molar-refractivity contribution in [2.45, 2.75) is 16.7 Å². The van der Waals surface area contributed by atoms with E-state index in [1.165, 1.54) is 0 Å². The van der Waals surface area contributed by atoms with Gasteiger partial charge in [-0.2, -0.15) is 10.5 Å². The van der Waals surface area contributed by atoms with Crippen LogP contribution in [0.15, 0.2) is 48.5 Å². The average Bonchev–Trinajstić information content (AvgIpc) is 2.54. The van der Waals surface area contributed by atoms with Gasteiger partial charge in [-0.3, -0.25) is 0 Å². The molecule has 2 aromatic carbocycles. The van der Waals surface area contributed by atoms with E-state index in [1.807, 2.05) is 36.4 Å². The summed E-state index contributed by atoms with van der Waals surface area (Å²) >= 11 is 6.69. The van der Waals surface area contributed by atoms with Crippen LogP contribution in [0.2, 0.25) is 0 Å². The molecule has 0 aromatic heterocycles. The lowest BCUT2D eigenvalue weighted by molar-refractivity contribution is 0.377. The summed E-state index contributed by atoms with van der Waals surface area (Å²) in [7, 11) is 0. The summed E-state index contributed by atoms with van der Waals surface area (Å²) in [4.78, 5) is -1.19. The van der Waals surface area contributed by atoms with Crippen LogP contribution in [0.1, 0.15) is 34.1 Å². The van der Waals surface area contributed by atoms with Gasteiger partial charge in [-0.25, -0.2) is 0 Å². The quantitative estimate of drug-likeness (QED) is 0.690. The fourth-order valence-corrected chi connectivity index (χ4v) is 4.40. The molecular weight excluding hydrogens is 280 g/mol. The van der Waals surface area contributed by atoms with Crippen molar-refractivity contribution in [2.75, 3.05) is 0 Å². The van der Waals surface area contributed by atoms with Crippen LogP contribution in [0.25, 0.3) is 0 Å². The Hall–Kier alpha value is -2.29. The van der Waals surface area contributed by atoms with Crippen molar-refractivity contribution in [1.82, 2.24) is 0 Å². The van der Waals surface area contributed by atoms with Crippen LogP contribution < -0.4 is 0 Å². The third-order valence-corrected chi connectivity index (χ3v) is 5.34. The Morgan fingerprint density at radius 2 is 1.33 bits per heavy atom. The minimum atomic E-state index is -1.19. The molecule has 21 heavy (non-hydrogen) atoms. The van der Waals surface area contributed by atoms with Crippen LogP contribution in [-0.2, 0) is 0 Å². The number of rotatable bonds is 0. The minimum Gasteiger partial charge on any atom is -0.198 e. The second-order valence-electron chi connectivity index (χ2n) is 5.66. The second-order valence-corrected chi connectivity index (χ2v) is 6.28. The zero-order valence-electron chi connectivity index (χ0n) is 11.1. The fourth-order valence-electron chi connectivity index (χ4n) is 3.99. The molecule has 0 N–H and O–H groups in total. The van der Waals surface area contributed by atoms with Crippen LogP contribution in [-0.4, -0.2) is 4.87 Å².